The van der Waals surface area contributed by atoms with Gasteiger partial charge >= 0.3 is 5.97 Å². The fraction of sp³-hybridized carbons (Fsp3) is 0.588. The lowest BCUT2D eigenvalue weighted by molar-refractivity contribution is -0.131. The number of piperazine rings is 1. The first-order chi connectivity index (χ1) is 10.2. The molecule has 1 fully saturated rings. The van der Waals surface area contributed by atoms with Crippen molar-refractivity contribution in [1.29, 1.82) is 0 Å². The monoisotopic (exact) mass is 362 g/mol. The van der Waals surface area contributed by atoms with Gasteiger partial charge < -0.3 is 10.1 Å². The van der Waals surface area contributed by atoms with E-state index in [-0.39, 0.29) is 30.8 Å². The summed E-state index contributed by atoms with van der Waals surface area (Å²) in [5, 5.41) is 3.41. The van der Waals surface area contributed by atoms with Crippen LogP contribution < -0.4 is 10.1 Å². The fourth-order valence-electron chi connectivity index (χ4n) is 2.88. The van der Waals surface area contributed by atoms with Gasteiger partial charge in [0.05, 0.1) is 0 Å². The molecule has 0 aliphatic carbocycles. The van der Waals surface area contributed by atoms with Crippen molar-refractivity contribution in [2.24, 2.45) is 0 Å². The molecule has 0 aromatic heterocycles. The summed E-state index contributed by atoms with van der Waals surface area (Å²) < 4.78 is 5.11. The molecule has 1 N–H and O–H groups in total. The van der Waals surface area contributed by atoms with Crippen molar-refractivity contribution >= 4 is 30.8 Å². The van der Waals surface area contributed by atoms with Crippen LogP contribution in [-0.2, 0) is 4.79 Å². The summed E-state index contributed by atoms with van der Waals surface area (Å²) in [4.78, 5) is 13.5. The maximum atomic E-state index is 11.0. The van der Waals surface area contributed by atoms with Gasteiger partial charge in [-0.2, -0.15) is 0 Å². The summed E-state index contributed by atoms with van der Waals surface area (Å²) in [6.07, 6.45) is 3.64. The van der Waals surface area contributed by atoms with Gasteiger partial charge in [-0.05, 0) is 24.1 Å². The Morgan fingerprint density at radius 3 is 2.35 bits per heavy atom. The standard InChI is InChI=1S/C17H26N2O2.2ClH/c1-3-4-5-17(19-12-10-18-11-13-19)15-6-8-16(9-7-15)21-14(2)20;;/h6-9,17-18H,3-5,10-13H2,1-2H3;2*1H/t17-;;/m1../s1. The number of benzene rings is 1. The normalized spacial score (nSPS) is 15.9. The average molecular weight is 363 g/mol. The lowest BCUT2D eigenvalue weighted by atomic mass is 9.98. The summed E-state index contributed by atoms with van der Waals surface area (Å²) in [5.41, 5.74) is 1.32. The van der Waals surface area contributed by atoms with Gasteiger partial charge in [0.15, 0.2) is 0 Å². The van der Waals surface area contributed by atoms with Gasteiger partial charge in [0.25, 0.3) is 0 Å². The molecule has 0 bridgehead atoms. The van der Waals surface area contributed by atoms with Crippen molar-refractivity contribution in [1.82, 2.24) is 10.2 Å². The first kappa shape index (κ1) is 22.2. The molecule has 6 heteroatoms. The SMILES string of the molecule is CCCC[C@H](c1ccc(OC(C)=O)cc1)N1CCNCC1.Cl.Cl. The molecule has 0 unspecified atom stereocenters. The molecule has 1 aromatic rings. The molecule has 0 radical (unpaired) electrons. The Hall–Kier alpha value is -0.810. The molecule has 1 atom stereocenters. The van der Waals surface area contributed by atoms with Crippen molar-refractivity contribution in [2.45, 2.75) is 39.2 Å². The number of carbonyl (C=O) groups excluding carboxylic acids is 1. The molecular formula is C17H28Cl2N2O2. The van der Waals surface area contributed by atoms with Crippen LogP contribution in [0.5, 0.6) is 5.75 Å². The third-order valence-electron chi connectivity index (χ3n) is 3.95. The summed E-state index contributed by atoms with van der Waals surface area (Å²) in [6.45, 7) is 7.99. The summed E-state index contributed by atoms with van der Waals surface area (Å²) in [6, 6.07) is 8.47. The first-order valence-electron chi connectivity index (χ1n) is 7.94. The molecule has 1 aliphatic rings. The Kier molecular flexibility index (Phi) is 11.3. The number of hydrogen-bond acceptors (Lipinski definition) is 4. The van der Waals surface area contributed by atoms with Crippen LogP contribution in [0, 0.1) is 0 Å². The predicted molar refractivity (Wildman–Crippen MR) is 99.0 cm³/mol. The number of ether oxygens (including phenoxy) is 1. The van der Waals surface area contributed by atoms with E-state index < -0.39 is 0 Å². The number of esters is 1. The van der Waals surface area contributed by atoms with Gasteiger partial charge in [0, 0.05) is 39.1 Å². The van der Waals surface area contributed by atoms with Crippen LogP contribution in [0.4, 0.5) is 0 Å². The van der Waals surface area contributed by atoms with Gasteiger partial charge in [-0.25, -0.2) is 0 Å². The quantitative estimate of drug-likeness (QED) is 0.620. The summed E-state index contributed by atoms with van der Waals surface area (Å²) >= 11 is 0. The number of rotatable bonds is 6. The second-order valence-electron chi connectivity index (χ2n) is 5.61. The van der Waals surface area contributed by atoms with Crippen LogP contribution in [0.15, 0.2) is 24.3 Å². The zero-order valence-corrected chi connectivity index (χ0v) is 15.5. The fourth-order valence-corrected chi connectivity index (χ4v) is 2.88. The zero-order chi connectivity index (χ0) is 15.1. The van der Waals surface area contributed by atoms with E-state index in [2.05, 4.69) is 29.3 Å². The average Bonchev–Trinajstić information content (AvgIpc) is 2.50. The molecule has 1 aliphatic heterocycles. The van der Waals surface area contributed by atoms with Crippen LogP contribution in [-0.4, -0.2) is 37.0 Å². The molecule has 0 saturated carbocycles. The van der Waals surface area contributed by atoms with Gasteiger partial charge in [-0.1, -0.05) is 31.9 Å². The maximum absolute atomic E-state index is 11.0. The van der Waals surface area contributed by atoms with Crippen molar-refractivity contribution in [3.8, 4) is 5.75 Å². The summed E-state index contributed by atoms with van der Waals surface area (Å²) in [5.74, 6) is 0.355. The van der Waals surface area contributed by atoms with Crippen LogP contribution in [0.2, 0.25) is 0 Å². The van der Waals surface area contributed by atoms with Crippen molar-refractivity contribution < 1.29 is 9.53 Å². The van der Waals surface area contributed by atoms with Crippen LogP contribution in [0.25, 0.3) is 0 Å². The largest absolute Gasteiger partial charge is 0.427 e. The second kappa shape index (κ2) is 11.7. The Morgan fingerprint density at radius 2 is 1.83 bits per heavy atom. The molecule has 2 rings (SSSR count). The first-order valence-corrected chi connectivity index (χ1v) is 7.94. The van der Waals surface area contributed by atoms with E-state index in [4.69, 9.17) is 4.74 Å². The molecule has 0 amide bonds. The lowest BCUT2D eigenvalue weighted by Gasteiger charge is -2.35. The zero-order valence-electron chi connectivity index (χ0n) is 13.9. The highest BCUT2D eigenvalue weighted by molar-refractivity contribution is 5.85. The van der Waals surface area contributed by atoms with Gasteiger partial charge in [-0.3, -0.25) is 9.69 Å². The number of unbranched alkanes of at least 4 members (excludes halogenated alkanes) is 1. The highest BCUT2D eigenvalue weighted by Crippen LogP contribution is 2.28. The number of carbonyl (C=O) groups is 1. The Morgan fingerprint density at radius 1 is 1.22 bits per heavy atom. The van der Waals surface area contributed by atoms with Crippen molar-refractivity contribution in [2.75, 3.05) is 26.2 Å². The Balaban J connectivity index is 0.00000242. The van der Waals surface area contributed by atoms with Crippen LogP contribution in [0.3, 0.4) is 0 Å². The van der Waals surface area contributed by atoms with E-state index in [0.717, 1.165) is 26.2 Å². The summed E-state index contributed by atoms with van der Waals surface area (Å²) in [7, 11) is 0. The number of hydrogen-bond donors (Lipinski definition) is 1. The molecule has 0 spiro atoms. The number of nitrogens with zero attached hydrogens (tertiary/aromatic N) is 1. The maximum Gasteiger partial charge on any atom is 0.308 e. The Bertz CT molecular complexity index is 448. The smallest absolute Gasteiger partial charge is 0.308 e. The van der Waals surface area contributed by atoms with Gasteiger partial charge in [0.1, 0.15) is 5.75 Å². The molecule has 1 saturated heterocycles. The van der Waals surface area contributed by atoms with Crippen molar-refractivity contribution in [3.05, 3.63) is 29.8 Å². The van der Waals surface area contributed by atoms with Gasteiger partial charge in [-0.15, -0.1) is 24.8 Å². The minimum atomic E-state index is -0.271. The van der Waals surface area contributed by atoms with E-state index in [1.54, 1.807) is 0 Å². The van der Waals surface area contributed by atoms with E-state index in [9.17, 15) is 4.79 Å². The van der Waals surface area contributed by atoms with E-state index in [1.165, 1.54) is 31.7 Å². The molecule has 1 aromatic carbocycles. The molecular weight excluding hydrogens is 335 g/mol. The molecule has 1 heterocycles. The minimum absolute atomic E-state index is 0. The lowest BCUT2D eigenvalue weighted by Crippen LogP contribution is -2.45. The minimum Gasteiger partial charge on any atom is -0.427 e. The van der Waals surface area contributed by atoms with E-state index >= 15 is 0 Å². The molecule has 4 nitrogen and oxygen atoms in total. The van der Waals surface area contributed by atoms with Crippen molar-refractivity contribution in [3.63, 3.8) is 0 Å². The van der Waals surface area contributed by atoms with Gasteiger partial charge in [0.2, 0.25) is 0 Å². The van der Waals surface area contributed by atoms with E-state index in [0.29, 0.717) is 11.8 Å². The molecule has 23 heavy (non-hydrogen) atoms. The van der Waals surface area contributed by atoms with Crippen LogP contribution in [0.1, 0.15) is 44.7 Å². The number of halogens is 2. The predicted octanol–water partition coefficient (Wildman–Crippen LogP) is 3.59. The highest BCUT2D eigenvalue weighted by atomic mass is 35.5. The van der Waals surface area contributed by atoms with Crippen LogP contribution >= 0.6 is 24.8 Å². The second-order valence-corrected chi connectivity index (χ2v) is 5.61. The molecule has 132 valence electrons. The third-order valence-corrected chi connectivity index (χ3v) is 3.95. The number of nitrogens with one attached hydrogen (secondary N) is 1. The highest BCUT2D eigenvalue weighted by Gasteiger charge is 2.21. The topological polar surface area (TPSA) is 41.6 Å². The third kappa shape index (κ3) is 7.08. The Labute approximate surface area is 151 Å². The van der Waals surface area contributed by atoms with E-state index in [1.807, 2.05) is 12.1 Å².